The third-order valence-corrected chi connectivity index (χ3v) is 3.57. The van der Waals surface area contributed by atoms with Gasteiger partial charge in [0.25, 0.3) is 5.91 Å². The second-order valence-electron chi connectivity index (χ2n) is 5.39. The van der Waals surface area contributed by atoms with Crippen LogP contribution in [-0.2, 0) is 11.2 Å². The Morgan fingerprint density at radius 3 is 2.62 bits per heavy atom. The number of carboxylic acid groups (broad SMARTS) is 1. The number of rotatable bonds is 4. The number of nitrogens with one attached hydrogen (secondary N) is 1. The van der Waals surface area contributed by atoms with Crippen LogP contribution in [0.5, 0.6) is 0 Å². The number of carboxylic acids is 1. The standard InChI is InChI=1S/C14H17NO6/c1-7-10-8(16)4-3-5-9(10)21-11(7)12(17)15-6-14(2,20)13(18)19/h20H,3-6H2,1-2H3,(H,15,17)(H,18,19). The van der Waals surface area contributed by atoms with Crippen LogP contribution in [0.25, 0.3) is 0 Å². The van der Waals surface area contributed by atoms with E-state index in [1.54, 1.807) is 6.92 Å². The van der Waals surface area contributed by atoms with E-state index in [1.807, 2.05) is 0 Å². The van der Waals surface area contributed by atoms with Crippen molar-refractivity contribution in [1.29, 1.82) is 0 Å². The molecule has 1 aliphatic carbocycles. The van der Waals surface area contributed by atoms with E-state index in [-0.39, 0.29) is 11.5 Å². The van der Waals surface area contributed by atoms with Crippen LogP contribution in [0.2, 0.25) is 0 Å². The van der Waals surface area contributed by atoms with E-state index in [0.717, 1.165) is 6.92 Å². The van der Waals surface area contributed by atoms with Crippen molar-refractivity contribution in [3.05, 3.63) is 22.6 Å². The third-order valence-electron chi connectivity index (χ3n) is 3.57. The number of hydrogen-bond donors (Lipinski definition) is 3. The largest absolute Gasteiger partial charge is 0.479 e. The van der Waals surface area contributed by atoms with Crippen LogP contribution in [0.15, 0.2) is 4.42 Å². The third kappa shape index (κ3) is 2.82. The van der Waals surface area contributed by atoms with Gasteiger partial charge < -0.3 is 19.9 Å². The Labute approximate surface area is 120 Å². The first-order chi connectivity index (χ1) is 9.74. The van der Waals surface area contributed by atoms with Gasteiger partial charge in [-0.05, 0) is 20.3 Å². The van der Waals surface area contributed by atoms with Gasteiger partial charge in [-0.3, -0.25) is 9.59 Å². The van der Waals surface area contributed by atoms with Crippen LogP contribution in [0.4, 0.5) is 0 Å². The number of ketones is 1. The van der Waals surface area contributed by atoms with Gasteiger partial charge in [-0.25, -0.2) is 4.79 Å². The van der Waals surface area contributed by atoms with Gasteiger partial charge >= 0.3 is 5.97 Å². The van der Waals surface area contributed by atoms with Crippen molar-refractivity contribution >= 4 is 17.7 Å². The van der Waals surface area contributed by atoms with Crippen LogP contribution >= 0.6 is 0 Å². The molecule has 0 bridgehead atoms. The molecule has 114 valence electrons. The maximum Gasteiger partial charge on any atom is 0.337 e. The SMILES string of the molecule is Cc1c(C(=O)NCC(C)(O)C(=O)O)oc2c1C(=O)CCC2. The highest BCUT2D eigenvalue weighted by molar-refractivity contribution is 6.03. The van der Waals surface area contributed by atoms with Crippen molar-refractivity contribution < 1.29 is 29.0 Å². The Morgan fingerprint density at radius 2 is 2.05 bits per heavy atom. The smallest absolute Gasteiger partial charge is 0.337 e. The number of fused-ring (bicyclic) bond motifs is 1. The van der Waals surface area contributed by atoms with E-state index in [0.29, 0.717) is 36.1 Å². The molecule has 0 aliphatic heterocycles. The van der Waals surface area contributed by atoms with Gasteiger partial charge in [0.05, 0.1) is 12.1 Å². The van der Waals surface area contributed by atoms with Crippen molar-refractivity contribution in [2.45, 2.75) is 38.7 Å². The zero-order valence-electron chi connectivity index (χ0n) is 11.9. The molecule has 0 saturated heterocycles. The van der Waals surface area contributed by atoms with E-state index < -0.39 is 24.0 Å². The summed E-state index contributed by atoms with van der Waals surface area (Å²) in [5, 5.41) is 20.6. The molecule has 0 saturated carbocycles. The molecule has 0 aromatic carbocycles. The maximum atomic E-state index is 12.0. The molecule has 7 heteroatoms. The quantitative estimate of drug-likeness (QED) is 0.751. The minimum Gasteiger partial charge on any atom is -0.479 e. The molecule has 21 heavy (non-hydrogen) atoms. The lowest BCUT2D eigenvalue weighted by molar-refractivity contribution is -0.155. The van der Waals surface area contributed by atoms with Gasteiger partial charge in [-0.1, -0.05) is 0 Å². The minimum atomic E-state index is -2.06. The molecule has 1 atom stereocenters. The Morgan fingerprint density at radius 1 is 1.38 bits per heavy atom. The molecule has 1 aromatic rings. The van der Waals surface area contributed by atoms with Crippen molar-refractivity contribution in [2.75, 3.05) is 6.54 Å². The summed E-state index contributed by atoms with van der Waals surface area (Å²) in [5.74, 6) is -1.63. The second-order valence-corrected chi connectivity index (χ2v) is 5.39. The number of carbonyl (C=O) groups is 3. The van der Waals surface area contributed by atoms with Gasteiger partial charge in [0.15, 0.2) is 17.1 Å². The topological polar surface area (TPSA) is 117 Å². The number of aliphatic carboxylic acids is 1. The van der Waals surface area contributed by atoms with E-state index in [1.165, 1.54) is 0 Å². The summed E-state index contributed by atoms with van der Waals surface area (Å²) >= 11 is 0. The van der Waals surface area contributed by atoms with Gasteiger partial charge in [-0.2, -0.15) is 0 Å². The number of carbonyl (C=O) groups excluding carboxylic acids is 2. The summed E-state index contributed by atoms with van der Waals surface area (Å²) in [6, 6.07) is 0. The lowest BCUT2D eigenvalue weighted by atomic mass is 9.94. The van der Waals surface area contributed by atoms with E-state index in [9.17, 15) is 19.5 Å². The van der Waals surface area contributed by atoms with Crippen LogP contribution in [0.3, 0.4) is 0 Å². The average Bonchev–Trinajstić information content (AvgIpc) is 2.75. The lowest BCUT2D eigenvalue weighted by Crippen LogP contribution is -2.46. The summed E-state index contributed by atoms with van der Waals surface area (Å²) in [4.78, 5) is 34.6. The van der Waals surface area contributed by atoms with Gasteiger partial charge in [0.2, 0.25) is 0 Å². The molecule has 1 aromatic heterocycles. The molecule has 0 fully saturated rings. The first-order valence-corrected chi connectivity index (χ1v) is 6.63. The number of Topliss-reactive ketones (excluding diaryl/α,β-unsaturated/α-hetero) is 1. The first-order valence-electron chi connectivity index (χ1n) is 6.63. The highest BCUT2D eigenvalue weighted by atomic mass is 16.4. The fourth-order valence-electron chi connectivity index (χ4n) is 2.27. The summed E-state index contributed by atoms with van der Waals surface area (Å²) in [6.45, 7) is 2.24. The molecule has 0 spiro atoms. The molecular formula is C14H17NO6. The Balaban J connectivity index is 2.18. The molecule has 7 nitrogen and oxygen atoms in total. The van der Waals surface area contributed by atoms with E-state index in [2.05, 4.69) is 5.32 Å². The normalized spacial score (nSPS) is 17.0. The lowest BCUT2D eigenvalue weighted by Gasteiger charge is -2.17. The molecule has 1 heterocycles. The molecule has 2 rings (SSSR count). The average molecular weight is 295 g/mol. The summed E-state index contributed by atoms with van der Waals surface area (Å²) in [5.41, 5.74) is -1.15. The number of hydrogen-bond acceptors (Lipinski definition) is 5. The number of furan rings is 1. The molecule has 0 radical (unpaired) electrons. The molecule has 1 aliphatic rings. The van der Waals surface area contributed by atoms with Crippen LogP contribution in [0, 0.1) is 6.92 Å². The number of aryl methyl sites for hydroxylation is 1. The van der Waals surface area contributed by atoms with Crippen molar-refractivity contribution in [1.82, 2.24) is 5.32 Å². The van der Waals surface area contributed by atoms with Crippen LogP contribution in [0.1, 0.15) is 52.0 Å². The van der Waals surface area contributed by atoms with Gasteiger partial charge in [-0.15, -0.1) is 0 Å². The number of aliphatic hydroxyl groups is 1. The first kappa shape index (κ1) is 15.2. The minimum absolute atomic E-state index is 0.00330. The fourth-order valence-corrected chi connectivity index (χ4v) is 2.27. The van der Waals surface area contributed by atoms with Crippen molar-refractivity contribution in [2.24, 2.45) is 0 Å². The Bertz CT molecular complexity index is 613. The fraction of sp³-hybridized carbons (Fsp3) is 0.500. The maximum absolute atomic E-state index is 12.0. The Hall–Kier alpha value is -2.15. The van der Waals surface area contributed by atoms with Gasteiger partial charge in [0, 0.05) is 18.4 Å². The zero-order valence-corrected chi connectivity index (χ0v) is 11.9. The zero-order chi connectivity index (χ0) is 15.8. The van der Waals surface area contributed by atoms with Crippen LogP contribution < -0.4 is 5.32 Å². The molecule has 1 unspecified atom stereocenters. The summed E-state index contributed by atoms with van der Waals surface area (Å²) < 4.78 is 5.43. The summed E-state index contributed by atoms with van der Waals surface area (Å²) in [6.07, 6.45) is 1.72. The van der Waals surface area contributed by atoms with Crippen molar-refractivity contribution in [3.8, 4) is 0 Å². The van der Waals surface area contributed by atoms with Gasteiger partial charge in [0.1, 0.15) is 5.76 Å². The predicted octanol–water partition coefficient (Wildman–Crippen LogP) is 0.672. The molecule has 3 N–H and O–H groups in total. The summed E-state index contributed by atoms with van der Waals surface area (Å²) in [7, 11) is 0. The second kappa shape index (κ2) is 5.33. The van der Waals surface area contributed by atoms with E-state index in [4.69, 9.17) is 9.52 Å². The highest BCUT2D eigenvalue weighted by Crippen LogP contribution is 2.29. The number of amides is 1. The predicted molar refractivity (Wildman–Crippen MR) is 71.3 cm³/mol. The van der Waals surface area contributed by atoms with Crippen molar-refractivity contribution in [3.63, 3.8) is 0 Å². The Kier molecular flexibility index (Phi) is 3.87. The highest BCUT2D eigenvalue weighted by Gasteiger charge is 2.32. The monoisotopic (exact) mass is 295 g/mol. The molecule has 1 amide bonds. The van der Waals surface area contributed by atoms with E-state index >= 15 is 0 Å². The molecular weight excluding hydrogens is 278 g/mol. The van der Waals surface area contributed by atoms with Crippen LogP contribution in [-0.4, -0.2) is 40.0 Å².